The normalized spacial score (nSPS) is 15.7. The molecule has 1 saturated heterocycles. The molecule has 1 fully saturated rings. The van der Waals surface area contributed by atoms with Crippen LogP contribution in [-0.4, -0.2) is 55.8 Å². The number of likely N-dealkylation sites (N-methyl/N-ethyl adjacent to an activating group) is 1. The molecule has 1 aliphatic rings. The molecule has 1 N–H and O–H groups in total. The van der Waals surface area contributed by atoms with Crippen molar-refractivity contribution in [2.24, 2.45) is 7.05 Å². The Bertz CT molecular complexity index is 1580. The average Bonchev–Trinajstić information content (AvgIpc) is 3.30. The fraction of sp³-hybridized carbons (Fsp3) is 0.296. The molecule has 5 aromatic rings. The Kier molecular flexibility index (Phi) is 6.01. The van der Waals surface area contributed by atoms with Gasteiger partial charge in [-0.1, -0.05) is 0 Å². The first-order valence-electron chi connectivity index (χ1n) is 12.3. The van der Waals surface area contributed by atoms with Crippen LogP contribution in [0.4, 0.5) is 17.5 Å². The molecule has 0 saturated carbocycles. The minimum Gasteiger partial charge on any atom is -0.457 e. The number of benzene rings is 2. The molecular formula is C27H28N8O2. The maximum absolute atomic E-state index is 6.16. The summed E-state index contributed by atoms with van der Waals surface area (Å²) in [6.45, 7) is 3.50. The second kappa shape index (κ2) is 9.62. The topological polar surface area (TPSA) is 103 Å². The Labute approximate surface area is 214 Å². The van der Waals surface area contributed by atoms with Gasteiger partial charge in [0.25, 0.3) is 0 Å². The highest BCUT2D eigenvalue weighted by molar-refractivity contribution is 5.87. The Morgan fingerprint density at radius 3 is 2.84 bits per heavy atom. The number of aromatic nitrogens is 6. The highest BCUT2D eigenvalue weighted by atomic mass is 16.5. The third kappa shape index (κ3) is 4.63. The molecule has 10 heteroatoms. The molecule has 1 aliphatic heterocycles. The van der Waals surface area contributed by atoms with Crippen LogP contribution in [0.25, 0.3) is 22.1 Å². The third-order valence-electron chi connectivity index (χ3n) is 6.73. The Morgan fingerprint density at radius 2 is 2.00 bits per heavy atom. The van der Waals surface area contributed by atoms with Crippen molar-refractivity contribution >= 4 is 39.5 Å². The quantitative estimate of drug-likeness (QED) is 0.356. The molecule has 6 rings (SSSR count). The second-order valence-electron chi connectivity index (χ2n) is 9.32. The van der Waals surface area contributed by atoms with Crippen molar-refractivity contribution in [1.29, 1.82) is 0 Å². The number of nitrogens with zero attached hydrogens (tertiary/aromatic N) is 7. The lowest BCUT2D eigenvalue weighted by molar-refractivity contribution is 0.0803. The first-order valence-corrected chi connectivity index (χ1v) is 12.3. The van der Waals surface area contributed by atoms with Gasteiger partial charge >= 0.3 is 0 Å². The number of rotatable bonds is 6. The summed E-state index contributed by atoms with van der Waals surface area (Å²) < 4.78 is 13.8. The van der Waals surface area contributed by atoms with Gasteiger partial charge in [-0.05, 0) is 55.7 Å². The highest BCUT2D eigenvalue weighted by Gasteiger charge is 2.21. The smallest absolute Gasteiger partial charge is 0.226 e. The van der Waals surface area contributed by atoms with Crippen LogP contribution in [0.1, 0.15) is 18.4 Å². The SMILES string of the molecule is Cc1cc(Nc2ncnc3cnc(N(C)C4CCCOC4)nc23)ccc1Oc1ccc2c(c1)ncn2C. The lowest BCUT2D eigenvalue weighted by Gasteiger charge is -2.31. The molecule has 0 bridgehead atoms. The van der Waals surface area contributed by atoms with E-state index in [9.17, 15) is 0 Å². The van der Waals surface area contributed by atoms with E-state index in [1.54, 1.807) is 12.5 Å². The van der Waals surface area contributed by atoms with E-state index in [1.807, 2.05) is 62.0 Å². The Morgan fingerprint density at radius 1 is 1.08 bits per heavy atom. The number of hydrogen-bond acceptors (Lipinski definition) is 9. The van der Waals surface area contributed by atoms with E-state index in [4.69, 9.17) is 14.5 Å². The van der Waals surface area contributed by atoms with E-state index in [0.717, 1.165) is 53.2 Å². The van der Waals surface area contributed by atoms with E-state index in [2.05, 4.69) is 30.2 Å². The summed E-state index contributed by atoms with van der Waals surface area (Å²) in [6.07, 6.45) is 7.15. The average molecular weight is 497 g/mol. The van der Waals surface area contributed by atoms with Gasteiger partial charge in [0.1, 0.15) is 28.9 Å². The molecule has 2 aromatic carbocycles. The first-order chi connectivity index (χ1) is 18.0. The second-order valence-corrected chi connectivity index (χ2v) is 9.32. The number of fused-ring (bicyclic) bond motifs is 2. The molecule has 4 heterocycles. The predicted molar refractivity (Wildman–Crippen MR) is 143 cm³/mol. The van der Waals surface area contributed by atoms with Crippen LogP contribution in [0.5, 0.6) is 11.5 Å². The molecular weight excluding hydrogens is 468 g/mol. The summed E-state index contributed by atoms with van der Waals surface area (Å²) in [7, 11) is 3.98. The van der Waals surface area contributed by atoms with Crippen LogP contribution < -0.4 is 15.0 Å². The van der Waals surface area contributed by atoms with Crippen molar-refractivity contribution in [3.05, 3.63) is 60.8 Å². The lowest BCUT2D eigenvalue weighted by atomic mass is 10.1. The van der Waals surface area contributed by atoms with E-state index in [1.165, 1.54) is 6.33 Å². The number of ether oxygens (including phenoxy) is 2. The van der Waals surface area contributed by atoms with E-state index >= 15 is 0 Å². The van der Waals surface area contributed by atoms with Gasteiger partial charge in [-0.25, -0.2) is 24.9 Å². The van der Waals surface area contributed by atoms with Gasteiger partial charge in [0.15, 0.2) is 5.82 Å². The first kappa shape index (κ1) is 23.1. The predicted octanol–water partition coefficient (Wildman–Crippen LogP) is 4.77. The van der Waals surface area contributed by atoms with E-state index in [0.29, 0.717) is 29.4 Å². The molecule has 1 unspecified atom stereocenters. The fourth-order valence-electron chi connectivity index (χ4n) is 4.58. The van der Waals surface area contributed by atoms with Crippen LogP contribution in [0, 0.1) is 6.92 Å². The number of hydrogen-bond donors (Lipinski definition) is 1. The zero-order chi connectivity index (χ0) is 25.4. The Balaban J connectivity index is 1.24. The molecule has 1 atom stereocenters. The van der Waals surface area contributed by atoms with Gasteiger partial charge in [-0.3, -0.25) is 0 Å². The summed E-state index contributed by atoms with van der Waals surface area (Å²) in [5.41, 5.74) is 5.16. The van der Waals surface area contributed by atoms with Crippen molar-refractivity contribution in [1.82, 2.24) is 29.5 Å². The molecule has 37 heavy (non-hydrogen) atoms. The zero-order valence-electron chi connectivity index (χ0n) is 21.0. The van der Waals surface area contributed by atoms with Gasteiger partial charge < -0.3 is 24.3 Å². The molecule has 0 aliphatic carbocycles. The van der Waals surface area contributed by atoms with Gasteiger partial charge in [-0.15, -0.1) is 0 Å². The largest absolute Gasteiger partial charge is 0.457 e. The summed E-state index contributed by atoms with van der Waals surface area (Å²) >= 11 is 0. The molecule has 188 valence electrons. The third-order valence-corrected chi connectivity index (χ3v) is 6.73. The number of aryl methyl sites for hydroxylation is 2. The van der Waals surface area contributed by atoms with Crippen LogP contribution in [0.15, 0.2) is 55.2 Å². The summed E-state index contributed by atoms with van der Waals surface area (Å²) in [5, 5.41) is 3.40. The fourth-order valence-corrected chi connectivity index (χ4v) is 4.58. The van der Waals surface area contributed by atoms with Crippen LogP contribution >= 0.6 is 0 Å². The minimum absolute atomic E-state index is 0.251. The van der Waals surface area contributed by atoms with Crippen molar-refractivity contribution < 1.29 is 9.47 Å². The summed E-state index contributed by atoms with van der Waals surface area (Å²) in [5.74, 6) is 2.77. The molecule has 0 spiro atoms. The van der Waals surface area contributed by atoms with Gasteiger partial charge in [0.2, 0.25) is 5.95 Å². The van der Waals surface area contributed by atoms with Crippen LogP contribution in [-0.2, 0) is 11.8 Å². The number of nitrogens with one attached hydrogen (secondary N) is 1. The Hall–Kier alpha value is -4.31. The summed E-state index contributed by atoms with van der Waals surface area (Å²) in [6, 6.07) is 12.1. The summed E-state index contributed by atoms with van der Waals surface area (Å²) in [4.78, 5) is 24.7. The maximum atomic E-state index is 6.16. The van der Waals surface area contributed by atoms with Crippen molar-refractivity contribution in [3.63, 3.8) is 0 Å². The molecule has 0 radical (unpaired) electrons. The van der Waals surface area contributed by atoms with E-state index < -0.39 is 0 Å². The minimum atomic E-state index is 0.251. The van der Waals surface area contributed by atoms with Gasteiger partial charge in [0, 0.05) is 32.5 Å². The molecule has 0 amide bonds. The molecule has 3 aromatic heterocycles. The monoisotopic (exact) mass is 496 g/mol. The number of anilines is 3. The van der Waals surface area contributed by atoms with Crippen molar-refractivity contribution in [2.75, 3.05) is 30.5 Å². The van der Waals surface area contributed by atoms with Gasteiger partial charge in [0.05, 0.1) is 36.2 Å². The lowest BCUT2D eigenvalue weighted by Crippen LogP contribution is -2.39. The molecule has 10 nitrogen and oxygen atoms in total. The van der Waals surface area contributed by atoms with Crippen LogP contribution in [0.3, 0.4) is 0 Å². The van der Waals surface area contributed by atoms with Crippen molar-refractivity contribution in [3.8, 4) is 11.5 Å². The van der Waals surface area contributed by atoms with Crippen LogP contribution in [0.2, 0.25) is 0 Å². The van der Waals surface area contributed by atoms with Crippen molar-refractivity contribution in [2.45, 2.75) is 25.8 Å². The maximum Gasteiger partial charge on any atom is 0.226 e. The van der Waals surface area contributed by atoms with E-state index in [-0.39, 0.29) is 6.04 Å². The zero-order valence-corrected chi connectivity index (χ0v) is 21.0. The number of imidazole rings is 1. The standard InChI is InChI=1S/C27H28N8O2/c1-17-11-18(6-9-24(17)37-20-7-8-23-21(12-20)31-16-34(23)2)32-26-25-22(29-15-30-26)13-28-27(33-25)35(3)19-5-4-10-36-14-19/h6-9,11-13,15-16,19H,4-5,10,14H2,1-3H3,(H,29,30,32). The van der Waals surface area contributed by atoms with Gasteiger partial charge in [-0.2, -0.15) is 0 Å². The highest BCUT2D eigenvalue weighted by Crippen LogP contribution is 2.31.